The number of hydrogen-bond acceptors (Lipinski definition) is 6. The number of aromatic nitrogens is 2. The van der Waals surface area contributed by atoms with Crippen LogP contribution < -0.4 is 10.0 Å². The molecule has 0 aliphatic heterocycles. The standard InChI is InChI=1S/C19H19ClN4O3S2/c1-13(11-12-14-7-3-2-4-8-14)24-29(26,27)19-23-22-18(28-19)21-17(25)15-9-5-6-10-16(15)20/h2-10,13,24H,11-12H2,1H3,(H,21,22,25). The molecule has 0 bridgehead atoms. The first kappa shape index (κ1) is 21.4. The van der Waals surface area contributed by atoms with Gasteiger partial charge in [-0.2, -0.15) is 0 Å². The Kier molecular flexibility index (Phi) is 6.96. The third-order valence-electron chi connectivity index (χ3n) is 4.04. The van der Waals surface area contributed by atoms with E-state index in [2.05, 4.69) is 20.2 Å². The largest absolute Gasteiger partial charge is 0.296 e. The van der Waals surface area contributed by atoms with Crippen LogP contribution in [0.3, 0.4) is 0 Å². The van der Waals surface area contributed by atoms with Gasteiger partial charge in [0.2, 0.25) is 9.47 Å². The van der Waals surface area contributed by atoms with Crippen LogP contribution >= 0.6 is 22.9 Å². The van der Waals surface area contributed by atoms with Crippen LogP contribution in [-0.4, -0.2) is 30.6 Å². The first-order valence-electron chi connectivity index (χ1n) is 8.81. The van der Waals surface area contributed by atoms with E-state index >= 15 is 0 Å². The Morgan fingerprint density at radius 1 is 1.10 bits per heavy atom. The molecule has 1 aromatic heterocycles. The number of benzene rings is 2. The number of nitrogens with one attached hydrogen (secondary N) is 2. The van der Waals surface area contributed by atoms with Gasteiger partial charge in [-0.3, -0.25) is 10.1 Å². The SMILES string of the molecule is CC(CCc1ccccc1)NS(=O)(=O)c1nnc(NC(=O)c2ccccc2Cl)s1. The number of halogens is 1. The molecule has 3 rings (SSSR count). The van der Waals surface area contributed by atoms with E-state index in [-0.39, 0.29) is 26.1 Å². The summed E-state index contributed by atoms with van der Waals surface area (Å²) in [6.07, 6.45) is 1.39. The molecule has 0 saturated heterocycles. The van der Waals surface area contributed by atoms with Crippen molar-refractivity contribution in [3.63, 3.8) is 0 Å². The second-order valence-electron chi connectivity index (χ2n) is 6.35. The Balaban J connectivity index is 1.61. The fraction of sp³-hybridized carbons (Fsp3) is 0.211. The maximum atomic E-state index is 12.5. The van der Waals surface area contributed by atoms with Crippen LogP contribution in [0.1, 0.15) is 29.3 Å². The molecule has 0 radical (unpaired) electrons. The van der Waals surface area contributed by atoms with Gasteiger partial charge in [-0.25, -0.2) is 13.1 Å². The summed E-state index contributed by atoms with van der Waals surface area (Å²) >= 11 is 6.77. The predicted octanol–water partition coefficient (Wildman–Crippen LogP) is 3.74. The minimum atomic E-state index is -3.83. The van der Waals surface area contributed by atoms with E-state index in [1.807, 2.05) is 30.3 Å². The summed E-state index contributed by atoms with van der Waals surface area (Å²) in [6.45, 7) is 1.79. The van der Waals surface area contributed by atoms with Gasteiger partial charge in [0, 0.05) is 6.04 Å². The van der Waals surface area contributed by atoms with E-state index in [0.29, 0.717) is 6.42 Å². The van der Waals surface area contributed by atoms with Crippen LogP contribution in [0.15, 0.2) is 58.9 Å². The van der Waals surface area contributed by atoms with Crippen LogP contribution in [0.2, 0.25) is 5.02 Å². The Morgan fingerprint density at radius 2 is 1.79 bits per heavy atom. The third-order valence-corrected chi connectivity index (χ3v) is 7.17. The summed E-state index contributed by atoms with van der Waals surface area (Å²) in [5.41, 5.74) is 1.40. The number of hydrogen-bond donors (Lipinski definition) is 2. The summed E-state index contributed by atoms with van der Waals surface area (Å²) in [6, 6.07) is 16.1. The smallest absolute Gasteiger partial charge is 0.270 e. The van der Waals surface area contributed by atoms with Crippen LogP contribution in [0, 0.1) is 0 Å². The Labute approximate surface area is 178 Å². The molecule has 7 nitrogen and oxygen atoms in total. The van der Waals surface area contributed by atoms with Gasteiger partial charge in [0.05, 0.1) is 10.6 Å². The second-order valence-corrected chi connectivity index (χ2v) is 9.63. The molecule has 0 spiro atoms. The second kappa shape index (κ2) is 9.45. The fourth-order valence-electron chi connectivity index (χ4n) is 2.58. The molecule has 1 atom stereocenters. The number of rotatable bonds is 8. The quantitative estimate of drug-likeness (QED) is 0.509. The van der Waals surface area contributed by atoms with Crippen molar-refractivity contribution < 1.29 is 13.2 Å². The van der Waals surface area contributed by atoms with Crippen LogP contribution in [0.4, 0.5) is 5.13 Å². The van der Waals surface area contributed by atoms with Gasteiger partial charge < -0.3 is 0 Å². The lowest BCUT2D eigenvalue weighted by molar-refractivity contribution is 0.102. The third kappa shape index (κ3) is 5.83. The molecule has 3 aromatic rings. The number of aryl methyl sites for hydroxylation is 1. The Hall–Kier alpha value is -2.33. The lowest BCUT2D eigenvalue weighted by Crippen LogP contribution is -2.32. The fourth-order valence-corrected chi connectivity index (χ4v) is 4.99. The predicted molar refractivity (Wildman–Crippen MR) is 114 cm³/mol. The van der Waals surface area contributed by atoms with Crippen molar-refractivity contribution in [2.24, 2.45) is 0 Å². The summed E-state index contributed by atoms with van der Waals surface area (Å²) < 4.78 is 27.5. The van der Waals surface area contributed by atoms with Crippen molar-refractivity contribution in [1.82, 2.24) is 14.9 Å². The molecule has 2 N–H and O–H groups in total. The Morgan fingerprint density at radius 3 is 2.52 bits per heavy atom. The zero-order valence-electron chi connectivity index (χ0n) is 15.5. The molecule has 0 aliphatic carbocycles. The van der Waals surface area contributed by atoms with Crippen LogP contribution in [0.5, 0.6) is 0 Å². The van der Waals surface area contributed by atoms with Crippen LogP contribution in [0.25, 0.3) is 0 Å². The van der Waals surface area contributed by atoms with Crippen molar-refractivity contribution in [2.45, 2.75) is 30.1 Å². The number of amides is 1. The molecule has 0 fully saturated rings. The van der Waals surface area contributed by atoms with E-state index in [9.17, 15) is 13.2 Å². The molecular formula is C19H19ClN4O3S2. The lowest BCUT2D eigenvalue weighted by atomic mass is 10.1. The van der Waals surface area contributed by atoms with E-state index in [0.717, 1.165) is 23.3 Å². The molecule has 10 heteroatoms. The summed E-state index contributed by atoms with van der Waals surface area (Å²) in [4.78, 5) is 12.3. The maximum Gasteiger partial charge on any atom is 0.270 e. The summed E-state index contributed by atoms with van der Waals surface area (Å²) in [5, 5.41) is 10.3. The first-order valence-corrected chi connectivity index (χ1v) is 11.5. The minimum Gasteiger partial charge on any atom is -0.296 e. The van der Waals surface area contributed by atoms with Gasteiger partial charge in [0.25, 0.3) is 15.9 Å². The lowest BCUT2D eigenvalue weighted by Gasteiger charge is -2.12. The van der Waals surface area contributed by atoms with Gasteiger partial charge in [-0.1, -0.05) is 65.4 Å². The van der Waals surface area contributed by atoms with E-state index < -0.39 is 15.9 Å². The molecule has 152 valence electrons. The number of anilines is 1. The number of carbonyl (C=O) groups excluding carboxylic acids is 1. The first-order chi connectivity index (χ1) is 13.8. The van der Waals surface area contributed by atoms with E-state index in [1.165, 1.54) is 0 Å². The van der Waals surface area contributed by atoms with Gasteiger partial charge in [0.15, 0.2) is 0 Å². The van der Waals surface area contributed by atoms with Gasteiger partial charge in [-0.15, -0.1) is 10.2 Å². The van der Waals surface area contributed by atoms with E-state index in [4.69, 9.17) is 11.6 Å². The zero-order chi connectivity index (χ0) is 20.9. The summed E-state index contributed by atoms with van der Waals surface area (Å²) in [5.74, 6) is -0.486. The minimum absolute atomic E-state index is 0.0761. The van der Waals surface area contributed by atoms with Crippen molar-refractivity contribution in [1.29, 1.82) is 0 Å². The summed E-state index contributed by atoms with van der Waals surface area (Å²) in [7, 11) is -3.83. The van der Waals surface area contributed by atoms with Crippen LogP contribution in [-0.2, 0) is 16.4 Å². The molecule has 2 aromatic carbocycles. The highest BCUT2D eigenvalue weighted by atomic mass is 35.5. The maximum absolute atomic E-state index is 12.5. The average molecular weight is 451 g/mol. The molecular weight excluding hydrogens is 432 g/mol. The number of sulfonamides is 1. The highest BCUT2D eigenvalue weighted by molar-refractivity contribution is 7.91. The van der Waals surface area contributed by atoms with Crippen molar-refractivity contribution in [3.8, 4) is 0 Å². The highest BCUT2D eigenvalue weighted by Gasteiger charge is 2.23. The molecule has 1 unspecified atom stereocenters. The van der Waals surface area contributed by atoms with Crippen molar-refractivity contribution >= 4 is 44.0 Å². The Bertz CT molecular complexity index is 1090. The topological polar surface area (TPSA) is 101 Å². The van der Waals surface area contributed by atoms with Gasteiger partial charge in [0.1, 0.15) is 0 Å². The number of nitrogens with zero attached hydrogens (tertiary/aromatic N) is 2. The van der Waals surface area contributed by atoms with Gasteiger partial charge >= 0.3 is 0 Å². The molecule has 0 saturated carbocycles. The molecule has 29 heavy (non-hydrogen) atoms. The zero-order valence-corrected chi connectivity index (χ0v) is 17.9. The normalized spacial score (nSPS) is 12.5. The van der Waals surface area contributed by atoms with Crippen molar-refractivity contribution in [2.75, 3.05) is 5.32 Å². The molecule has 0 aliphatic rings. The highest BCUT2D eigenvalue weighted by Crippen LogP contribution is 2.22. The number of carbonyl (C=O) groups is 1. The average Bonchev–Trinajstić information content (AvgIpc) is 3.17. The monoisotopic (exact) mass is 450 g/mol. The molecule has 1 heterocycles. The molecule has 1 amide bonds. The van der Waals surface area contributed by atoms with E-state index in [1.54, 1.807) is 31.2 Å². The van der Waals surface area contributed by atoms with Crippen molar-refractivity contribution in [3.05, 3.63) is 70.7 Å². The van der Waals surface area contributed by atoms with Gasteiger partial charge in [-0.05, 0) is 37.5 Å².